The number of aryl methyl sites for hydroxylation is 1. The number of anilines is 1. The molecule has 1 heterocycles. The summed E-state index contributed by atoms with van der Waals surface area (Å²) in [6.45, 7) is 1.91. The first-order valence-electron chi connectivity index (χ1n) is 7.48. The van der Waals surface area contributed by atoms with E-state index in [9.17, 15) is 4.79 Å². The van der Waals surface area contributed by atoms with Gasteiger partial charge in [-0.15, -0.1) is 10.2 Å². The van der Waals surface area contributed by atoms with E-state index in [0.29, 0.717) is 15.9 Å². The molecule has 3 rings (SSSR count). The average molecular weight is 374 g/mol. The maximum atomic E-state index is 12.9. The molecule has 3 N–H and O–H groups in total. The molecule has 0 radical (unpaired) electrons. The highest BCUT2D eigenvalue weighted by Crippen LogP contribution is 2.34. The fourth-order valence-electron chi connectivity index (χ4n) is 2.20. The van der Waals surface area contributed by atoms with Crippen molar-refractivity contribution < 1.29 is 4.79 Å². The lowest BCUT2D eigenvalue weighted by Crippen LogP contribution is -2.20. The van der Waals surface area contributed by atoms with Crippen LogP contribution in [-0.4, -0.2) is 20.8 Å². The number of benzene rings is 2. The van der Waals surface area contributed by atoms with Gasteiger partial charge in [0.05, 0.1) is 0 Å². The molecule has 0 aliphatic heterocycles. The maximum Gasteiger partial charge on any atom is 0.242 e. The Labute approximate surface area is 154 Å². The number of nitrogens with two attached hydrogens (primary N) is 1. The first-order valence-corrected chi connectivity index (χ1v) is 8.74. The molecule has 0 spiro atoms. The Bertz CT molecular complexity index is 884. The van der Waals surface area contributed by atoms with Gasteiger partial charge >= 0.3 is 0 Å². The fourth-order valence-corrected chi connectivity index (χ4v) is 3.31. The number of hydrogen-bond acceptors (Lipinski definition) is 5. The number of hydrogen-bond donors (Lipinski definition) is 2. The zero-order valence-electron chi connectivity index (χ0n) is 13.4. The Morgan fingerprint density at radius 2 is 2.04 bits per heavy atom. The van der Waals surface area contributed by atoms with E-state index < -0.39 is 5.25 Å². The minimum atomic E-state index is -0.534. The highest BCUT2D eigenvalue weighted by molar-refractivity contribution is 8.00. The van der Waals surface area contributed by atoms with E-state index in [0.717, 1.165) is 11.1 Å². The zero-order chi connectivity index (χ0) is 17.8. The second-order valence-corrected chi connectivity index (χ2v) is 6.86. The van der Waals surface area contributed by atoms with Gasteiger partial charge in [-0.05, 0) is 30.2 Å². The number of carbonyl (C=O) groups excluding carboxylic acids is 1. The van der Waals surface area contributed by atoms with E-state index in [1.165, 1.54) is 22.8 Å². The molecule has 25 heavy (non-hydrogen) atoms. The summed E-state index contributed by atoms with van der Waals surface area (Å²) in [5.74, 6) is 5.58. The molecule has 6 nitrogen and oxygen atoms in total. The molecule has 0 saturated heterocycles. The highest BCUT2D eigenvalue weighted by Gasteiger charge is 2.24. The van der Waals surface area contributed by atoms with Crippen LogP contribution in [0.2, 0.25) is 5.02 Å². The third kappa shape index (κ3) is 4.12. The summed E-state index contributed by atoms with van der Waals surface area (Å²) < 4.78 is 1.29. The predicted molar refractivity (Wildman–Crippen MR) is 100 cm³/mol. The molecule has 1 aromatic heterocycles. The van der Waals surface area contributed by atoms with Gasteiger partial charge in [-0.2, -0.15) is 0 Å². The van der Waals surface area contributed by atoms with Gasteiger partial charge in [0.2, 0.25) is 11.1 Å². The van der Waals surface area contributed by atoms with Crippen molar-refractivity contribution in [1.29, 1.82) is 0 Å². The van der Waals surface area contributed by atoms with Crippen molar-refractivity contribution in [2.45, 2.75) is 17.3 Å². The summed E-state index contributed by atoms with van der Waals surface area (Å²) in [4.78, 5) is 12.9. The standard InChI is InChI=1S/C17H16ClN5OS/c1-11-7-8-13(9-14(11)18)21-16(24)15(12-5-3-2-4-6-12)25-17-22-20-10-23(17)19/h2-10,15H,19H2,1H3,(H,21,24)/t15-/m0/s1. The van der Waals surface area contributed by atoms with Crippen molar-refractivity contribution in [3.05, 3.63) is 71.0 Å². The van der Waals surface area contributed by atoms with Crippen LogP contribution in [0.3, 0.4) is 0 Å². The number of nitrogens with zero attached hydrogens (tertiary/aromatic N) is 3. The molecule has 8 heteroatoms. The zero-order valence-corrected chi connectivity index (χ0v) is 15.0. The molecule has 2 aromatic carbocycles. The van der Waals surface area contributed by atoms with Crippen LogP contribution >= 0.6 is 23.4 Å². The Morgan fingerprint density at radius 1 is 1.28 bits per heavy atom. The molecule has 128 valence electrons. The topological polar surface area (TPSA) is 85.8 Å². The average Bonchev–Trinajstić information content (AvgIpc) is 3.01. The van der Waals surface area contributed by atoms with Crippen LogP contribution in [0.1, 0.15) is 16.4 Å². The third-order valence-electron chi connectivity index (χ3n) is 3.54. The molecule has 0 unspecified atom stereocenters. The maximum absolute atomic E-state index is 12.9. The van der Waals surface area contributed by atoms with Crippen LogP contribution in [-0.2, 0) is 4.79 Å². The van der Waals surface area contributed by atoms with E-state index in [1.54, 1.807) is 6.07 Å². The number of nitrogen functional groups attached to an aromatic ring is 1. The Balaban J connectivity index is 1.86. The Kier molecular flexibility index (Phi) is 5.25. The predicted octanol–water partition coefficient (Wildman–Crippen LogP) is 3.43. The minimum Gasteiger partial charge on any atom is -0.336 e. The number of amides is 1. The van der Waals surface area contributed by atoms with Crippen LogP contribution in [0.5, 0.6) is 0 Å². The van der Waals surface area contributed by atoms with Crippen molar-refractivity contribution in [2.75, 3.05) is 11.2 Å². The molecule has 0 fully saturated rings. The molecule has 0 aliphatic carbocycles. The van der Waals surface area contributed by atoms with Gasteiger partial charge in [0.1, 0.15) is 11.6 Å². The normalized spacial score (nSPS) is 11.9. The second-order valence-electron chi connectivity index (χ2n) is 5.38. The van der Waals surface area contributed by atoms with E-state index >= 15 is 0 Å². The van der Waals surface area contributed by atoms with E-state index in [1.807, 2.05) is 49.4 Å². The monoisotopic (exact) mass is 373 g/mol. The molecule has 0 aliphatic rings. The van der Waals surface area contributed by atoms with Crippen molar-refractivity contribution in [1.82, 2.24) is 14.9 Å². The molecular weight excluding hydrogens is 358 g/mol. The lowest BCUT2D eigenvalue weighted by molar-refractivity contribution is -0.115. The summed E-state index contributed by atoms with van der Waals surface area (Å²) in [5.41, 5.74) is 2.42. The van der Waals surface area contributed by atoms with Crippen molar-refractivity contribution >= 4 is 35.0 Å². The second kappa shape index (κ2) is 7.58. The van der Waals surface area contributed by atoms with Gasteiger partial charge < -0.3 is 11.2 Å². The van der Waals surface area contributed by atoms with Crippen molar-refractivity contribution in [3.63, 3.8) is 0 Å². The van der Waals surface area contributed by atoms with Gasteiger partial charge in [0.15, 0.2) is 0 Å². The number of carbonyl (C=O) groups is 1. The van der Waals surface area contributed by atoms with Crippen LogP contribution < -0.4 is 11.2 Å². The smallest absolute Gasteiger partial charge is 0.242 e. The van der Waals surface area contributed by atoms with E-state index in [2.05, 4.69) is 15.5 Å². The summed E-state index contributed by atoms with van der Waals surface area (Å²) in [7, 11) is 0. The van der Waals surface area contributed by atoms with E-state index in [4.69, 9.17) is 17.4 Å². The van der Waals surface area contributed by atoms with Crippen molar-refractivity contribution in [2.24, 2.45) is 0 Å². The first-order chi connectivity index (χ1) is 12.0. The Morgan fingerprint density at radius 3 is 2.68 bits per heavy atom. The number of nitrogens with one attached hydrogen (secondary N) is 1. The largest absolute Gasteiger partial charge is 0.336 e. The number of thioether (sulfide) groups is 1. The molecule has 1 amide bonds. The highest BCUT2D eigenvalue weighted by atomic mass is 35.5. The molecule has 0 saturated carbocycles. The minimum absolute atomic E-state index is 0.195. The number of aromatic nitrogens is 3. The van der Waals surface area contributed by atoms with Gasteiger partial charge in [0.25, 0.3) is 0 Å². The molecule has 0 bridgehead atoms. The summed E-state index contributed by atoms with van der Waals surface area (Å²) in [6.07, 6.45) is 1.39. The lowest BCUT2D eigenvalue weighted by Gasteiger charge is -2.16. The summed E-state index contributed by atoms with van der Waals surface area (Å²) in [5, 5.41) is 11.1. The summed E-state index contributed by atoms with van der Waals surface area (Å²) in [6, 6.07) is 14.8. The van der Waals surface area contributed by atoms with Gasteiger partial charge in [-0.1, -0.05) is 59.8 Å². The lowest BCUT2D eigenvalue weighted by atomic mass is 10.1. The van der Waals surface area contributed by atoms with Gasteiger partial charge in [-0.25, -0.2) is 4.68 Å². The fraction of sp³-hybridized carbons (Fsp3) is 0.118. The first kappa shape index (κ1) is 17.3. The van der Waals surface area contributed by atoms with E-state index in [-0.39, 0.29) is 5.91 Å². The molecule has 3 aromatic rings. The summed E-state index contributed by atoms with van der Waals surface area (Å²) >= 11 is 7.36. The number of halogens is 1. The van der Waals surface area contributed by atoms with Gasteiger partial charge in [0, 0.05) is 10.7 Å². The number of rotatable bonds is 5. The van der Waals surface area contributed by atoms with Gasteiger partial charge in [-0.3, -0.25) is 4.79 Å². The third-order valence-corrected chi connectivity index (χ3v) is 5.18. The quantitative estimate of drug-likeness (QED) is 0.528. The Hall–Kier alpha value is -2.51. The van der Waals surface area contributed by atoms with Crippen LogP contribution in [0, 0.1) is 6.92 Å². The van der Waals surface area contributed by atoms with Crippen molar-refractivity contribution in [3.8, 4) is 0 Å². The molecular formula is C17H16ClN5OS. The van der Waals surface area contributed by atoms with Crippen LogP contribution in [0.25, 0.3) is 0 Å². The van der Waals surface area contributed by atoms with Crippen LogP contribution in [0.4, 0.5) is 5.69 Å². The van der Waals surface area contributed by atoms with Crippen LogP contribution in [0.15, 0.2) is 60.0 Å². The molecule has 1 atom stereocenters. The SMILES string of the molecule is Cc1ccc(NC(=O)[C@@H](Sc2nncn2N)c2ccccc2)cc1Cl.